The number of hydrogen-bond donors (Lipinski definition) is 1. The lowest BCUT2D eigenvalue weighted by Gasteiger charge is -2.23. The maximum Gasteiger partial charge on any atom is 0.241 e. The number of fused-ring (bicyclic) bond motifs is 2. The van der Waals surface area contributed by atoms with E-state index in [1.165, 1.54) is 12.1 Å². The van der Waals surface area contributed by atoms with E-state index in [-0.39, 0.29) is 4.90 Å². The van der Waals surface area contributed by atoms with Crippen molar-refractivity contribution in [1.29, 1.82) is 0 Å². The molecule has 9 nitrogen and oxygen atoms in total. The monoisotopic (exact) mass is 380 g/mol. The number of methoxy groups -OCH3 is 1. The first-order chi connectivity index (χ1) is 12.6. The van der Waals surface area contributed by atoms with Gasteiger partial charge in [-0.1, -0.05) is 0 Å². The SMILES string of the molecule is COCc1nc2n(n1)CCC[C@H]2NS(=O)(=O)c1ccc2c(c1)OCCO2. The van der Waals surface area contributed by atoms with Gasteiger partial charge in [-0.3, -0.25) is 0 Å². The highest BCUT2D eigenvalue weighted by Crippen LogP contribution is 2.33. The van der Waals surface area contributed by atoms with Gasteiger partial charge in [0.25, 0.3) is 0 Å². The van der Waals surface area contributed by atoms with Crippen molar-refractivity contribution in [2.45, 2.75) is 36.9 Å². The van der Waals surface area contributed by atoms with Crippen LogP contribution in [0, 0.1) is 0 Å². The molecule has 10 heteroatoms. The standard InChI is InChI=1S/C16H20N4O5S/c1-23-10-15-17-16-12(3-2-6-20(16)18-15)19-26(21,22)11-4-5-13-14(9-11)25-8-7-24-13/h4-5,9,12,19H,2-3,6-8,10H2,1H3/t12-/m1/s1. The third-order valence-electron chi connectivity index (χ3n) is 4.31. The molecule has 1 N–H and O–H groups in total. The van der Waals surface area contributed by atoms with E-state index in [4.69, 9.17) is 14.2 Å². The van der Waals surface area contributed by atoms with Crippen LogP contribution in [-0.2, 0) is 27.9 Å². The normalized spacial score (nSPS) is 19.2. The molecule has 0 bridgehead atoms. The Kier molecular flexibility index (Phi) is 4.55. The predicted octanol–water partition coefficient (Wildman–Crippen LogP) is 1.01. The van der Waals surface area contributed by atoms with Crippen molar-refractivity contribution < 1.29 is 22.6 Å². The molecule has 0 aliphatic carbocycles. The third-order valence-corrected chi connectivity index (χ3v) is 5.78. The molecule has 3 heterocycles. The van der Waals surface area contributed by atoms with Crippen LogP contribution in [0.4, 0.5) is 0 Å². The minimum atomic E-state index is -3.74. The van der Waals surface area contributed by atoms with Crippen molar-refractivity contribution in [2.24, 2.45) is 0 Å². The summed E-state index contributed by atoms with van der Waals surface area (Å²) >= 11 is 0. The Morgan fingerprint density at radius 3 is 2.92 bits per heavy atom. The molecule has 2 aromatic rings. The molecule has 0 saturated heterocycles. The van der Waals surface area contributed by atoms with E-state index in [1.54, 1.807) is 17.9 Å². The van der Waals surface area contributed by atoms with E-state index in [9.17, 15) is 8.42 Å². The van der Waals surface area contributed by atoms with E-state index in [0.717, 1.165) is 6.42 Å². The predicted molar refractivity (Wildman–Crippen MR) is 90.5 cm³/mol. The second-order valence-corrected chi connectivity index (χ2v) is 7.88. The van der Waals surface area contributed by atoms with Gasteiger partial charge >= 0.3 is 0 Å². The Morgan fingerprint density at radius 2 is 2.12 bits per heavy atom. The third kappa shape index (κ3) is 3.27. The number of aryl methyl sites for hydroxylation is 1. The van der Waals surface area contributed by atoms with Crippen LogP contribution in [0.25, 0.3) is 0 Å². The van der Waals surface area contributed by atoms with Gasteiger partial charge in [-0.05, 0) is 25.0 Å². The fourth-order valence-corrected chi connectivity index (χ4v) is 4.39. The van der Waals surface area contributed by atoms with Gasteiger partial charge < -0.3 is 14.2 Å². The minimum Gasteiger partial charge on any atom is -0.486 e. The smallest absolute Gasteiger partial charge is 0.241 e. The van der Waals surface area contributed by atoms with Crippen LogP contribution >= 0.6 is 0 Å². The summed E-state index contributed by atoms with van der Waals surface area (Å²) in [5.41, 5.74) is 0. The quantitative estimate of drug-likeness (QED) is 0.825. The molecular formula is C16H20N4O5S. The molecule has 4 rings (SSSR count). The summed E-state index contributed by atoms with van der Waals surface area (Å²) in [7, 11) is -2.17. The number of ether oxygens (including phenoxy) is 3. The van der Waals surface area contributed by atoms with Gasteiger partial charge in [-0.2, -0.15) is 5.10 Å². The van der Waals surface area contributed by atoms with Gasteiger partial charge in [-0.15, -0.1) is 0 Å². The van der Waals surface area contributed by atoms with Crippen molar-refractivity contribution in [3.05, 3.63) is 29.8 Å². The lowest BCUT2D eigenvalue weighted by Crippen LogP contribution is -2.33. The molecule has 1 aromatic heterocycles. The Labute approximate surface area is 151 Å². The van der Waals surface area contributed by atoms with Crippen LogP contribution in [0.2, 0.25) is 0 Å². The molecule has 0 saturated carbocycles. The number of nitrogens with zero attached hydrogens (tertiary/aromatic N) is 3. The molecule has 0 fully saturated rings. The van der Waals surface area contributed by atoms with Crippen molar-refractivity contribution >= 4 is 10.0 Å². The molecule has 26 heavy (non-hydrogen) atoms. The zero-order valence-electron chi connectivity index (χ0n) is 14.3. The highest BCUT2D eigenvalue weighted by Gasteiger charge is 2.29. The Morgan fingerprint density at radius 1 is 1.31 bits per heavy atom. The summed E-state index contributed by atoms with van der Waals surface area (Å²) in [6.07, 6.45) is 1.48. The first-order valence-electron chi connectivity index (χ1n) is 8.41. The van der Waals surface area contributed by atoms with E-state index in [1.807, 2.05) is 0 Å². The van der Waals surface area contributed by atoms with Gasteiger partial charge in [0.15, 0.2) is 17.3 Å². The number of benzene rings is 1. The lowest BCUT2D eigenvalue weighted by molar-refractivity contribution is 0.171. The summed E-state index contributed by atoms with van der Waals surface area (Å²) in [6.45, 7) is 1.87. The zero-order chi connectivity index (χ0) is 18.1. The highest BCUT2D eigenvalue weighted by atomic mass is 32.2. The molecule has 2 aliphatic heterocycles. The van der Waals surface area contributed by atoms with Crippen molar-refractivity contribution in [2.75, 3.05) is 20.3 Å². The minimum absolute atomic E-state index is 0.135. The summed E-state index contributed by atoms with van der Waals surface area (Å²) in [4.78, 5) is 4.56. The number of sulfonamides is 1. The second-order valence-electron chi connectivity index (χ2n) is 6.16. The molecule has 2 aliphatic rings. The fourth-order valence-electron chi connectivity index (χ4n) is 3.15. The molecule has 1 atom stereocenters. The van der Waals surface area contributed by atoms with Gasteiger partial charge in [0.2, 0.25) is 10.0 Å². The van der Waals surface area contributed by atoms with Crippen LogP contribution in [0.5, 0.6) is 11.5 Å². The molecular weight excluding hydrogens is 360 g/mol. The number of hydrogen-bond acceptors (Lipinski definition) is 7. The van der Waals surface area contributed by atoms with E-state index in [0.29, 0.717) is 55.9 Å². The number of nitrogens with one attached hydrogen (secondary N) is 1. The Hall–Kier alpha value is -2.17. The Balaban J connectivity index is 1.59. The molecule has 0 unspecified atom stereocenters. The van der Waals surface area contributed by atoms with E-state index in [2.05, 4.69) is 14.8 Å². The number of rotatable bonds is 5. The number of aromatic nitrogens is 3. The molecule has 0 amide bonds. The molecule has 0 radical (unpaired) electrons. The molecule has 1 aromatic carbocycles. The summed E-state index contributed by atoms with van der Waals surface area (Å²) in [5, 5.41) is 4.36. The fraction of sp³-hybridized carbons (Fsp3) is 0.500. The summed E-state index contributed by atoms with van der Waals surface area (Å²) in [5.74, 6) is 2.16. The van der Waals surface area contributed by atoms with Crippen LogP contribution in [-0.4, -0.2) is 43.5 Å². The summed E-state index contributed by atoms with van der Waals surface area (Å²) < 4.78 is 46.1. The maximum absolute atomic E-state index is 12.8. The lowest BCUT2D eigenvalue weighted by atomic mass is 10.1. The largest absolute Gasteiger partial charge is 0.486 e. The second kappa shape index (κ2) is 6.86. The average Bonchev–Trinajstić information content (AvgIpc) is 3.05. The maximum atomic E-state index is 12.8. The van der Waals surface area contributed by atoms with Crippen molar-refractivity contribution in [3.8, 4) is 11.5 Å². The van der Waals surface area contributed by atoms with E-state index < -0.39 is 16.1 Å². The van der Waals surface area contributed by atoms with Crippen LogP contribution in [0.1, 0.15) is 30.5 Å². The topological polar surface area (TPSA) is 105 Å². The summed E-state index contributed by atoms with van der Waals surface area (Å²) in [6, 6.07) is 4.18. The van der Waals surface area contributed by atoms with Crippen molar-refractivity contribution in [3.63, 3.8) is 0 Å². The van der Waals surface area contributed by atoms with Crippen LogP contribution in [0.15, 0.2) is 23.1 Å². The van der Waals surface area contributed by atoms with E-state index >= 15 is 0 Å². The average molecular weight is 380 g/mol. The Bertz CT molecular complexity index is 911. The van der Waals surface area contributed by atoms with Gasteiger partial charge in [-0.25, -0.2) is 22.8 Å². The first kappa shape index (κ1) is 17.3. The van der Waals surface area contributed by atoms with Crippen LogP contribution < -0.4 is 14.2 Å². The van der Waals surface area contributed by atoms with Gasteiger partial charge in [0.05, 0.1) is 10.9 Å². The van der Waals surface area contributed by atoms with Crippen molar-refractivity contribution in [1.82, 2.24) is 19.5 Å². The van der Waals surface area contributed by atoms with Crippen LogP contribution in [0.3, 0.4) is 0 Å². The molecule has 0 spiro atoms. The van der Waals surface area contributed by atoms with Gasteiger partial charge in [0.1, 0.15) is 25.6 Å². The highest BCUT2D eigenvalue weighted by molar-refractivity contribution is 7.89. The van der Waals surface area contributed by atoms with Gasteiger partial charge in [0, 0.05) is 19.7 Å². The zero-order valence-corrected chi connectivity index (χ0v) is 15.2. The molecule has 140 valence electrons. The first-order valence-corrected chi connectivity index (χ1v) is 9.90.